The summed E-state index contributed by atoms with van der Waals surface area (Å²) >= 11 is 0.533. The van der Waals surface area contributed by atoms with E-state index in [0.29, 0.717) is 21.7 Å². The largest absolute Gasteiger partial charge is 1.00 e. The Morgan fingerprint density at radius 2 is 0.789 bits per heavy atom. The summed E-state index contributed by atoms with van der Waals surface area (Å²) in [6.45, 7) is 0. The maximum absolute atomic E-state index is 13.5. The first-order valence-corrected chi connectivity index (χ1v) is 5.13. The molecule has 0 fully saturated rings. The molecule has 9 heteroatoms. The second kappa shape index (κ2) is 5.60. The molecule has 0 aromatic heterocycles. The molecule has 2 rings (SSSR count). The van der Waals surface area contributed by atoms with Crippen LogP contribution in [0.4, 0.5) is 30.7 Å². The van der Waals surface area contributed by atoms with Crippen molar-refractivity contribution in [2.24, 2.45) is 0 Å². The number of hydrogen-bond acceptors (Lipinski definition) is 0. The quantitative estimate of drug-likeness (QED) is 0.185. The molecule has 0 aliphatic carbocycles. The molecule has 0 saturated heterocycles. The van der Waals surface area contributed by atoms with Crippen molar-refractivity contribution in [1.29, 1.82) is 0 Å². The van der Waals surface area contributed by atoms with E-state index >= 15 is 0 Å². The average molecular weight is 404 g/mol. The molecule has 2 aromatic carbocycles. The smallest absolute Gasteiger partial charge is 1.00 e. The first kappa shape index (κ1) is 16.8. The molecule has 0 aliphatic rings. The van der Waals surface area contributed by atoms with E-state index < -0.39 is 55.2 Å². The van der Waals surface area contributed by atoms with Gasteiger partial charge >= 0.3 is 108 Å². The van der Waals surface area contributed by atoms with Gasteiger partial charge in [-0.15, -0.1) is 0 Å². The van der Waals surface area contributed by atoms with Crippen molar-refractivity contribution in [1.82, 2.24) is 0 Å². The number of halogens is 8. The molecule has 0 nitrogen and oxygen atoms in total. The summed E-state index contributed by atoms with van der Waals surface area (Å²) in [6, 6.07) is 0. The van der Waals surface area contributed by atoms with E-state index in [-0.39, 0.29) is 24.0 Å². The zero-order valence-corrected chi connectivity index (χ0v) is 12.3. The number of hydrogen-bond donors (Lipinski definition) is 0. The first-order chi connectivity index (χ1) is 8.29. The van der Waals surface area contributed by atoms with Crippen molar-refractivity contribution in [2.45, 2.75) is 0 Å². The summed E-state index contributed by atoms with van der Waals surface area (Å²) in [7, 11) is 0. The second-order valence-corrected chi connectivity index (χ2v) is 4.13. The molecule has 0 radical (unpaired) electrons. The second-order valence-electron chi connectivity index (χ2n) is 3.43. The predicted molar refractivity (Wildman–Crippen MR) is 49.0 cm³/mol. The minimum atomic E-state index is -2.33. The average Bonchev–Trinajstić information content (AvgIpc) is 2.35. The van der Waals surface area contributed by atoms with Crippen LogP contribution in [0.5, 0.6) is 0 Å². The van der Waals surface area contributed by atoms with Gasteiger partial charge in [0.05, 0.1) is 0 Å². The molecule has 0 bridgehead atoms. The van der Waals surface area contributed by atoms with E-state index in [0.717, 1.165) is 0 Å². The van der Waals surface area contributed by atoms with Gasteiger partial charge in [0, 0.05) is 0 Å². The third-order valence-electron chi connectivity index (χ3n) is 2.43. The van der Waals surface area contributed by atoms with Crippen LogP contribution in [-0.2, 0) is 0 Å². The fourth-order valence-electron chi connectivity index (χ4n) is 1.53. The molecule has 2 aromatic rings. The predicted octanol–water partition coefficient (Wildman–Crippen LogP) is -0.389. The Morgan fingerprint density at radius 3 is 1.21 bits per heavy atom. The van der Waals surface area contributed by atoms with Crippen molar-refractivity contribution in [3.05, 3.63) is 40.7 Å². The van der Waals surface area contributed by atoms with E-state index in [2.05, 4.69) is 0 Å². The molecule has 0 atom stereocenters. The minimum Gasteiger partial charge on any atom is -1.00 e. The standard InChI is InChI=1S/C10F7.HI.Mg/c11-2-1-3(12)6(13)5-4(2)7(14)9(16)10(17)8(5)15;;/h;1H;/q;;+1/p-1. The van der Waals surface area contributed by atoms with Gasteiger partial charge in [0.25, 0.3) is 0 Å². The van der Waals surface area contributed by atoms with Crippen molar-refractivity contribution in [3.8, 4) is 0 Å². The minimum absolute atomic E-state index is 0. The summed E-state index contributed by atoms with van der Waals surface area (Å²) in [5.74, 6) is -14.3. The molecule has 0 aliphatic heterocycles. The van der Waals surface area contributed by atoms with Crippen LogP contribution in [0.2, 0.25) is 0 Å². The third kappa shape index (κ3) is 2.29. The van der Waals surface area contributed by atoms with Crippen LogP contribution in [-0.4, -0.2) is 21.7 Å². The van der Waals surface area contributed by atoms with E-state index in [4.69, 9.17) is 0 Å². The molecule has 98 valence electrons. The van der Waals surface area contributed by atoms with Gasteiger partial charge in [-0.25, -0.2) is 0 Å². The van der Waals surface area contributed by atoms with Crippen molar-refractivity contribution >= 4 is 36.2 Å². The summed E-state index contributed by atoms with van der Waals surface area (Å²) in [5, 5.41) is -3.04. The molecule has 0 amide bonds. The van der Waals surface area contributed by atoms with Gasteiger partial charge in [-0.3, -0.25) is 0 Å². The van der Waals surface area contributed by atoms with Crippen LogP contribution in [0.15, 0.2) is 0 Å². The molecule has 0 unspecified atom stereocenters. The van der Waals surface area contributed by atoms with E-state index in [9.17, 15) is 30.7 Å². The molecular formula is C10F7IMg. The molecular weight excluding hydrogens is 404 g/mol. The van der Waals surface area contributed by atoms with E-state index in [1.807, 2.05) is 0 Å². The van der Waals surface area contributed by atoms with Crippen LogP contribution in [0.25, 0.3) is 10.8 Å². The maximum Gasteiger partial charge on any atom is -1.00 e. The SMILES string of the molecule is Fc1c(F)c(F)c2c(F)[c]([Mg+])c(F)c(F)c2c1F.[I-]. The van der Waals surface area contributed by atoms with Gasteiger partial charge in [0.2, 0.25) is 0 Å². The topological polar surface area (TPSA) is 0 Å². The first-order valence-electron chi connectivity index (χ1n) is 4.43. The maximum atomic E-state index is 13.5. The van der Waals surface area contributed by atoms with Crippen LogP contribution >= 0.6 is 0 Å². The van der Waals surface area contributed by atoms with Gasteiger partial charge in [0.15, 0.2) is 0 Å². The normalized spacial score (nSPS) is 10.8. The Bertz CT molecular complexity index is 573. The summed E-state index contributed by atoms with van der Waals surface area (Å²) in [5.41, 5.74) is 0. The Kier molecular flexibility index (Phi) is 4.94. The summed E-state index contributed by atoms with van der Waals surface area (Å²) < 4.78 is 91.4. The number of fused-ring (bicyclic) bond motifs is 1. The summed E-state index contributed by atoms with van der Waals surface area (Å²) in [6.07, 6.45) is 0. The number of rotatable bonds is 0. The van der Waals surface area contributed by atoms with E-state index in [1.165, 1.54) is 0 Å². The molecule has 0 spiro atoms. The van der Waals surface area contributed by atoms with Gasteiger partial charge in [-0.2, -0.15) is 0 Å². The van der Waals surface area contributed by atoms with Gasteiger partial charge < -0.3 is 24.0 Å². The van der Waals surface area contributed by atoms with Crippen LogP contribution in [0.1, 0.15) is 0 Å². The number of benzene rings is 2. The van der Waals surface area contributed by atoms with Crippen molar-refractivity contribution in [3.63, 3.8) is 0 Å². The fraction of sp³-hybridized carbons (Fsp3) is 0. The van der Waals surface area contributed by atoms with Gasteiger partial charge in [0.1, 0.15) is 0 Å². The Morgan fingerprint density at radius 1 is 0.474 bits per heavy atom. The molecule has 19 heavy (non-hydrogen) atoms. The van der Waals surface area contributed by atoms with Crippen LogP contribution < -0.4 is 27.7 Å². The van der Waals surface area contributed by atoms with Crippen LogP contribution in [0.3, 0.4) is 0 Å². The third-order valence-corrected chi connectivity index (χ3v) is 3.05. The summed E-state index contributed by atoms with van der Waals surface area (Å²) in [4.78, 5) is 0. The van der Waals surface area contributed by atoms with Crippen LogP contribution in [0, 0.1) is 40.7 Å². The Labute approximate surface area is 131 Å². The van der Waals surface area contributed by atoms with Crippen molar-refractivity contribution < 1.29 is 54.7 Å². The Balaban J connectivity index is 0.00000180. The Hall–Kier alpha value is -0.294. The fourth-order valence-corrected chi connectivity index (χ4v) is 1.87. The van der Waals surface area contributed by atoms with Gasteiger partial charge in [-0.1, -0.05) is 0 Å². The monoisotopic (exact) mass is 404 g/mol. The molecule has 0 saturated carbocycles. The van der Waals surface area contributed by atoms with Gasteiger partial charge in [-0.05, 0) is 0 Å². The van der Waals surface area contributed by atoms with Crippen molar-refractivity contribution in [2.75, 3.05) is 0 Å². The van der Waals surface area contributed by atoms with E-state index in [1.54, 1.807) is 0 Å². The zero-order chi connectivity index (χ0) is 13.8. The molecule has 0 heterocycles. The molecule has 0 N–H and O–H groups in total. The zero-order valence-electron chi connectivity index (χ0n) is 8.73.